The zero-order valence-corrected chi connectivity index (χ0v) is 17.2. The number of para-hydroxylation sites is 1. The van der Waals surface area contributed by atoms with Gasteiger partial charge in [-0.2, -0.15) is 0 Å². The summed E-state index contributed by atoms with van der Waals surface area (Å²) < 4.78 is 1.41. The van der Waals surface area contributed by atoms with Gasteiger partial charge in [0.05, 0.1) is 11.1 Å². The van der Waals surface area contributed by atoms with Crippen LogP contribution in [0, 0.1) is 20.8 Å². The lowest BCUT2D eigenvalue weighted by molar-refractivity contribution is 0.0967. The molecule has 4 rings (SSSR count). The first-order chi connectivity index (χ1) is 14.4. The molecule has 0 aliphatic carbocycles. The van der Waals surface area contributed by atoms with E-state index in [0.29, 0.717) is 22.0 Å². The molecule has 0 spiro atoms. The van der Waals surface area contributed by atoms with Crippen molar-refractivity contribution in [1.82, 2.24) is 4.57 Å². The molecule has 0 aliphatic heterocycles. The molecule has 1 aromatic heterocycles. The zero-order chi connectivity index (χ0) is 21.4. The van der Waals surface area contributed by atoms with Gasteiger partial charge >= 0.3 is 0 Å². The quantitative estimate of drug-likeness (QED) is 0.505. The molecule has 1 heterocycles. The minimum atomic E-state index is -0.340. The average molecular weight is 397 g/mol. The summed E-state index contributed by atoms with van der Waals surface area (Å²) in [6.07, 6.45) is 0. The molecule has 5 heteroatoms. The third-order valence-electron chi connectivity index (χ3n) is 5.28. The van der Waals surface area contributed by atoms with Gasteiger partial charge in [0.15, 0.2) is 0 Å². The number of amides is 1. The Morgan fingerprint density at radius 3 is 2.27 bits per heavy atom. The summed E-state index contributed by atoms with van der Waals surface area (Å²) in [6, 6.07) is 20.4. The van der Waals surface area contributed by atoms with E-state index in [-0.39, 0.29) is 17.6 Å². The number of hydrogen-bond acceptors (Lipinski definition) is 3. The molecule has 0 saturated carbocycles. The number of carbonyl (C=O) groups excluding carboxylic acids is 2. The molecule has 3 N–H and O–H groups in total. The van der Waals surface area contributed by atoms with Crippen molar-refractivity contribution in [2.24, 2.45) is 0 Å². The summed E-state index contributed by atoms with van der Waals surface area (Å²) in [4.78, 5) is 26.5. The number of nitrogens with zero attached hydrogens (tertiary/aromatic N) is 1. The number of nitrogens with one attached hydrogen (secondary N) is 1. The Labute approximate surface area is 175 Å². The van der Waals surface area contributed by atoms with Gasteiger partial charge in [0.1, 0.15) is 5.82 Å². The number of anilines is 2. The maximum absolute atomic E-state index is 13.2. The predicted octanol–water partition coefficient (Wildman–Crippen LogP) is 5.09. The number of carbonyl (C=O) groups is 2. The molecule has 0 unspecified atom stereocenters. The number of nitrogen functional groups attached to an aromatic ring is 1. The number of fused-ring (bicyclic) bond motifs is 1. The number of aryl methyl sites for hydroxylation is 3. The summed E-state index contributed by atoms with van der Waals surface area (Å²) in [5, 5.41) is 3.59. The molecule has 0 fully saturated rings. The topological polar surface area (TPSA) is 77.1 Å². The molecule has 150 valence electrons. The summed E-state index contributed by atoms with van der Waals surface area (Å²) in [7, 11) is 0. The average Bonchev–Trinajstić information content (AvgIpc) is 3.02. The zero-order valence-electron chi connectivity index (χ0n) is 17.2. The van der Waals surface area contributed by atoms with E-state index in [1.165, 1.54) is 4.57 Å². The van der Waals surface area contributed by atoms with Crippen LogP contribution in [0.5, 0.6) is 0 Å². The first kappa shape index (κ1) is 19.5. The van der Waals surface area contributed by atoms with Gasteiger partial charge in [-0.3, -0.25) is 14.2 Å². The lowest BCUT2D eigenvalue weighted by atomic mass is 10.1. The fourth-order valence-electron chi connectivity index (χ4n) is 3.60. The van der Waals surface area contributed by atoms with Crippen molar-refractivity contribution >= 4 is 34.2 Å². The molecule has 0 atom stereocenters. The maximum Gasteiger partial charge on any atom is 0.263 e. The highest BCUT2D eigenvalue weighted by atomic mass is 16.2. The van der Waals surface area contributed by atoms with Gasteiger partial charge in [-0.1, -0.05) is 48.0 Å². The summed E-state index contributed by atoms with van der Waals surface area (Å²) in [5.41, 5.74) is 11.6. The van der Waals surface area contributed by atoms with Crippen LogP contribution < -0.4 is 11.1 Å². The van der Waals surface area contributed by atoms with Crippen molar-refractivity contribution in [3.8, 4) is 0 Å². The highest BCUT2D eigenvalue weighted by Gasteiger charge is 2.25. The van der Waals surface area contributed by atoms with Gasteiger partial charge in [0, 0.05) is 16.6 Å². The van der Waals surface area contributed by atoms with Gasteiger partial charge < -0.3 is 11.1 Å². The Morgan fingerprint density at radius 1 is 0.867 bits per heavy atom. The Balaban J connectivity index is 1.82. The summed E-state index contributed by atoms with van der Waals surface area (Å²) >= 11 is 0. The van der Waals surface area contributed by atoms with Crippen LogP contribution in [0.15, 0.2) is 66.7 Å². The highest BCUT2D eigenvalue weighted by molar-refractivity contribution is 6.20. The molecular weight excluding hydrogens is 374 g/mol. The van der Waals surface area contributed by atoms with E-state index in [2.05, 4.69) is 5.32 Å². The van der Waals surface area contributed by atoms with Gasteiger partial charge in [0.25, 0.3) is 11.8 Å². The van der Waals surface area contributed by atoms with E-state index in [0.717, 1.165) is 22.4 Å². The number of rotatable bonds is 3. The highest BCUT2D eigenvalue weighted by Crippen LogP contribution is 2.30. The standard InChI is InChI=1S/C25H23N3O2/c1-15-9-12-18(13-10-15)25(30)28-21-7-5-4-6-19(21)22(23(28)26)24(29)27-20-14-16(2)8-11-17(20)3/h4-14H,26H2,1-3H3,(H,27,29). The van der Waals surface area contributed by atoms with Crippen molar-refractivity contribution in [2.75, 3.05) is 11.1 Å². The first-order valence-electron chi connectivity index (χ1n) is 9.75. The Bertz CT molecular complexity index is 1280. The largest absolute Gasteiger partial charge is 0.384 e. The molecule has 30 heavy (non-hydrogen) atoms. The number of hydrogen-bond donors (Lipinski definition) is 2. The van der Waals surface area contributed by atoms with E-state index >= 15 is 0 Å². The molecular formula is C25H23N3O2. The van der Waals surface area contributed by atoms with Crippen LogP contribution in [0.4, 0.5) is 11.5 Å². The van der Waals surface area contributed by atoms with Gasteiger partial charge in [-0.25, -0.2) is 0 Å². The second kappa shape index (κ2) is 7.52. The molecule has 0 saturated heterocycles. The van der Waals surface area contributed by atoms with E-state index in [4.69, 9.17) is 5.73 Å². The van der Waals surface area contributed by atoms with E-state index < -0.39 is 0 Å². The van der Waals surface area contributed by atoms with Crippen molar-refractivity contribution in [3.05, 3.63) is 94.5 Å². The molecule has 1 amide bonds. The molecule has 4 aromatic rings. The van der Waals surface area contributed by atoms with Crippen LogP contribution in [0.25, 0.3) is 10.9 Å². The maximum atomic E-state index is 13.2. The van der Waals surface area contributed by atoms with Crippen molar-refractivity contribution < 1.29 is 9.59 Å². The van der Waals surface area contributed by atoms with Crippen LogP contribution in [-0.4, -0.2) is 16.4 Å². The molecule has 5 nitrogen and oxygen atoms in total. The second-order valence-electron chi connectivity index (χ2n) is 7.56. The Morgan fingerprint density at radius 2 is 1.53 bits per heavy atom. The van der Waals surface area contributed by atoms with Crippen molar-refractivity contribution in [3.63, 3.8) is 0 Å². The van der Waals surface area contributed by atoms with Crippen molar-refractivity contribution in [2.45, 2.75) is 20.8 Å². The smallest absolute Gasteiger partial charge is 0.263 e. The van der Waals surface area contributed by atoms with Gasteiger partial charge in [0.2, 0.25) is 0 Å². The lowest BCUT2D eigenvalue weighted by Gasteiger charge is -2.10. The van der Waals surface area contributed by atoms with Crippen LogP contribution in [0.1, 0.15) is 37.4 Å². The van der Waals surface area contributed by atoms with Crippen LogP contribution >= 0.6 is 0 Å². The van der Waals surface area contributed by atoms with Crippen LogP contribution in [0.3, 0.4) is 0 Å². The Hall–Kier alpha value is -3.86. The first-order valence-corrected chi connectivity index (χ1v) is 9.75. The van der Waals surface area contributed by atoms with Crippen LogP contribution in [-0.2, 0) is 0 Å². The van der Waals surface area contributed by atoms with Crippen molar-refractivity contribution in [1.29, 1.82) is 0 Å². The number of aromatic nitrogens is 1. The lowest BCUT2D eigenvalue weighted by Crippen LogP contribution is -2.18. The minimum absolute atomic E-state index is 0.129. The molecule has 3 aromatic carbocycles. The second-order valence-corrected chi connectivity index (χ2v) is 7.56. The predicted molar refractivity (Wildman–Crippen MR) is 121 cm³/mol. The third kappa shape index (κ3) is 3.35. The van der Waals surface area contributed by atoms with E-state index in [1.807, 2.05) is 69.3 Å². The summed E-state index contributed by atoms with van der Waals surface area (Å²) in [6.45, 7) is 5.86. The Kier molecular flexibility index (Phi) is 4.88. The van der Waals surface area contributed by atoms with E-state index in [1.54, 1.807) is 18.2 Å². The normalized spacial score (nSPS) is 10.9. The molecule has 0 radical (unpaired) electrons. The fraction of sp³-hybridized carbons (Fsp3) is 0.120. The van der Waals surface area contributed by atoms with E-state index in [9.17, 15) is 9.59 Å². The number of benzene rings is 3. The third-order valence-corrected chi connectivity index (χ3v) is 5.28. The van der Waals surface area contributed by atoms with Gasteiger partial charge in [-0.15, -0.1) is 0 Å². The SMILES string of the molecule is Cc1ccc(C(=O)n2c(N)c(C(=O)Nc3cc(C)ccc3C)c3ccccc32)cc1. The van der Waals surface area contributed by atoms with Crippen LogP contribution in [0.2, 0.25) is 0 Å². The minimum Gasteiger partial charge on any atom is -0.384 e. The number of nitrogens with two attached hydrogens (primary N) is 1. The molecule has 0 aliphatic rings. The molecule has 0 bridgehead atoms. The van der Waals surface area contributed by atoms with Gasteiger partial charge in [-0.05, 0) is 56.2 Å². The fourth-order valence-corrected chi connectivity index (χ4v) is 3.60. The monoisotopic (exact) mass is 397 g/mol. The summed E-state index contributed by atoms with van der Waals surface area (Å²) in [5.74, 6) is -0.480.